The Balaban J connectivity index is 2.56. The second-order valence-electron chi connectivity index (χ2n) is 4.78. The van der Waals surface area contributed by atoms with E-state index in [1.165, 1.54) is 10.4 Å². The maximum absolute atomic E-state index is 12.7. The van der Waals surface area contributed by atoms with E-state index >= 15 is 0 Å². The highest BCUT2D eigenvalue weighted by atomic mass is 32.2. The second kappa shape index (κ2) is 5.17. The molecular formula is C15H18N2O2S. The molecular weight excluding hydrogens is 272 g/mol. The van der Waals surface area contributed by atoms with Crippen molar-refractivity contribution in [2.75, 3.05) is 17.1 Å². The molecule has 0 aliphatic rings. The van der Waals surface area contributed by atoms with Crippen LogP contribution in [0, 0.1) is 13.8 Å². The van der Waals surface area contributed by atoms with Crippen LogP contribution in [-0.4, -0.2) is 15.5 Å². The predicted octanol–water partition coefficient (Wildman–Crippen LogP) is 2.71. The molecule has 0 spiro atoms. The molecule has 4 nitrogen and oxygen atoms in total. The van der Waals surface area contributed by atoms with E-state index in [0.29, 0.717) is 16.9 Å². The molecule has 2 aromatic carbocycles. The molecule has 20 heavy (non-hydrogen) atoms. The predicted molar refractivity (Wildman–Crippen MR) is 82.4 cm³/mol. The lowest BCUT2D eigenvalue weighted by atomic mass is 10.2. The number of hydrogen-bond acceptors (Lipinski definition) is 3. The van der Waals surface area contributed by atoms with E-state index in [-0.39, 0.29) is 4.90 Å². The maximum Gasteiger partial charge on any atom is 0.264 e. The maximum atomic E-state index is 12.7. The zero-order chi connectivity index (χ0) is 14.9. The lowest BCUT2D eigenvalue weighted by molar-refractivity contribution is 0.593. The van der Waals surface area contributed by atoms with Crippen molar-refractivity contribution in [2.24, 2.45) is 0 Å². The lowest BCUT2D eigenvalue weighted by Gasteiger charge is -2.22. The summed E-state index contributed by atoms with van der Waals surface area (Å²) in [5, 5.41) is 0. The van der Waals surface area contributed by atoms with Gasteiger partial charge >= 0.3 is 0 Å². The largest absolute Gasteiger partial charge is 0.399 e. The van der Waals surface area contributed by atoms with Gasteiger partial charge in [0.2, 0.25) is 0 Å². The molecule has 0 saturated carbocycles. The van der Waals surface area contributed by atoms with E-state index in [1.807, 2.05) is 25.1 Å². The number of benzene rings is 2. The first-order valence-electron chi connectivity index (χ1n) is 6.24. The fraction of sp³-hybridized carbons (Fsp3) is 0.200. The number of sulfonamides is 1. The summed E-state index contributed by atoms with van der Waals surface area (Å²) in [5.41, 5.74) is 8.39. The number of anilines is 2. The average Bonchev–Trinajstić information content (AvgIpc) is 2.41. The number of nitrogens with zero attached hydrogens (tertiary/aromatic N) is 1. The number of para-hydroxylation sites is 1. The van der Waals surface area contributed by atoms with Gasteiger partial charge in [-0.1, -0.05) is 24.3 Å². The van der Waals surface area contributed by atoms with E-state index < -0.39 is 10.0 Å². The molecule has 2 N–H and O–H groups in total. The summed E-state index contributed by atoms with van der Waals surface area (Å²) < 4.78 is 26.8. The normalized spacial score (nSPS) is 11.3. The highest BCUT2D eigenvalue weighted by molar-refractivity contribution is 7.92. The summed E-state index contributed by atoms with van der Waals surface area (Å²) in [5.74, 6) is 0. The minimum atomic E-state index is -3.61. The summed E-state index contributed by atoms with van der Waals surface area (Å²) in [7, 11) is -2.06. The first-order chi connectivity index (χ1) is 9.34. The van der Waals surface area contributed by atoms with Gasteiger partial charge in [0, 0.05) is 12.7 Å². The van der Waals surface area contributed by atoms with Crippen LogP contribution in [0.25, 0.3) is 0 Å². The number of rotatable bonds is 3. The van der Waals surface area contributed by atoms with Crippen LogP contribution in [0.4, 0.5) is 11.4 Å². The molecule has 0 amide bonds. The highest BCUT2D eigenvalue weighted by Crippen LogP contribution is 2.27. The van der Waals surface area contributed by atoms with Crippen LogP contribution in [0.1, 0.15) is 11.1 Å². The Morgan fingerprint density at radius 3 is 2.30 bits per heavy atom. The number of nitrogens with two attached hydrogens (primary N) is 1. The number of nitrogen functional groups attached to an aromatic ring is 1. The van der Waals surface area contributed by atoms with Crippen LogP contribution in [0.2, 0.25) is 0 Å². The smallest absolute Gasteiger partial charge is 0.264 e. The van der Waals surface area contributed by atoms with Crippen molar-refractivity contribution >= 4 is 21.4 Å². The minimum Gasteiger partial charge on any atom is -0.399 e. The quantitative estimate of drug-likeness (QED) is 0.884. The zero-order valence-electron chi connectivity index (χ0n) is 11.8. The Labute approximate surface area is 119 Å². The van der Waals surface area contributed by atoms with Crippen LogP contribution < -0.4 is 10.0 Å². The first-order valence-corrected chi connectivity index (χ1v) is 7.68. The molecule has 0 heterocycles. The van der Waals surface area contributed by atoms with E-state index in [2.05, 4.69) is 0 Å². The van der Waals surface area contributed by atoms with Gasteiger partial charge in [0.1, 0.15) is 0 Å². The SMILES string of the molecule is Cc1ccccc1N(C)S(=O)(=O)c1cc(N)ccc1C. The molecule has 0 aromatic heterocycles. The van der Waals surface area contributed by atoms with Gasteiger partial charge in [-0.3, -0.25) is 4.31 Å². The van der Waals surface area contributed by atoms with Crippen LogP contribution in [-0.2, 0) is 10.0 Å². The third-order valence-corrected chi connectivity index (χ3v) is 5.22. The van der Waals surface area contributed by atoms with Crippen molar-refractivity contribution in [3.63, 3.8) is 0 Å². The molecule has 0 bridgehead atoms. The molecule has 2 aromatic rings. The van der Waals surface area contributed by atoms with Gasteiger partial charge in [0.05, 0.1) is 10.6 Å². The summed E-state index contributed by atoms with van der Waals surface area (Å²) in [6.07, 6.45) is 0. The molecule has 0 aliphatic carbocycles. The molecule has 2 rings (SSSR count). The lowest BCUT2D eigenvalue weighted by Crippen LogP contribution is -2.27. The number of hydrogen-bond donors (Lipinski definition) is 1. The molecule has 0 aliphatic heterocycles. The van der Waals surface area contributed by atoms with E-state index in [1.54, 1.807) is 32.2 Å². The van der Waals surface area contributed by atoms with Crippen LogP contribution in [0.5, 0.6) is 0 Å². The topological polar surface area (TPSA) is 63.4 Å². The average molecular weight is 290 g/mol. The standard InChI is InChI=1S/C15H18N2O2S/c1-11-6-4-5-7-14(11)17(3)20(18,19)15-10-13(16)9-8-12(15)2/h4-10H,16H2,1-3H3. The van der Waals surface area contributed by atoms with Crippen LogP contribution in [0.15, 0.2) is 47.4 Å². The summed E-state index contributed by atoms with van der Waals surface area (Å²) >= 11 is 0. The highest BCUT2D eigenvalue weighted by Gasteiger charge is 2.24. The Morgan fingerprint density at radius 1 is 1.00 bits per heavy atom. The monoisotopic (exact) mass is 290 g/mol. The van der Waals surface area contributed by atoms with E-state index in [0.717, 1.165) is 5.56 Å². The fourth-order valence-corrected chi connectivity index (χ4v) is 3.61. The third-order valence-electron chi connectivity index (χ3n) is 3.31. The molecule has 0 radical (unpaired) electrons. The van der Waals surface area contributed by atoms with Gasteiger partial charge in [-0.15, -0.1) is 0 Å². The Hall–Kier alpha value is -2.01. The fourth-order valence-electron chi connectivity index (χ4n) is 2.09. The summed E-state index contributed by atoms with van der Waals surface area (Å²) in [4.78, 5) is 0.239. The summed E-state index contributed by atoms with van der Waals surface area (Å²) in [6, 6.07) is 12.3. The Kier molecular flexibility index (Phi) is 3.72. The van der Waals surface area contributed by atoms with Crippen molar-refractivity contribution in [3.05, 3.63) is 53.6 Å². The Bertz CT molecular complexity index is 739. The summed E-state index contributed by atoms with van der Waals surface area (Å²) in [6.45, 7) is 3.64. The van der Waals surface area contributed by atoms with E-state index in [9.17, 15) is 8.42 Å². The van der Waals surface area contributed by atoms with Crippen molar-refractivity contribution in [1.29, 1.82) is 0 Å². The second-order valence-corrected chi connectivity index (χ2v) is 6.72. The Morgan fingerprint density at radius 2 is 1.65 bits per heavy atom. The van der Waals surface area contributed by atoms with Gasteiger partial charge in [-0.05, 0) is 43.2 Å². The van der Waals surface area contributed by atoms with Crippen molar-refractivity contribution in [1.82, 2.24) is 0 Å². The molecule has 0 unspecified atom stereocenters. The van der Waals surface area contributed by atoms with Crippen molar-refractivity contribution < 1.29 is 8.42 Å². The molecule has 5 heteroatoms. The van der Waals surface area contributed by atoms with Gasteiger partial charge in [-0.2, -0.15) is 0 Å². The molecule has 0 fully saturated rings. The van der Waals surface area contributed by atoms with Gasteiger partial charge in [0.15, 0.2) is 0 Å². The zero-order valence-corrected chi connectivity index (χ0v) is 12.6. The van der Waals surface area contributed by atoms with Crippen LogP contribution >= 0.6 is 0 Å². The molecule has 106 valence electrons. The van der Waals surface area contributed by atoms with Gasteiger partial charge < -0.3 is 5.73 Å². The van der Waals surface area contributed by atoms with Crippen molar-refractivity contribution in [2.45, 2.75) is 18.7 Å². The van der Waals surface area contributed by atoms with Gasteiger partial charge in [0.25, 0.3) is 10.0 Å². The molecule has 0 saturated heterocycles. The van der Waals surface area contributed by atoms with Gasteiger partial charge in [-0.25, -0.2) is 8.42 Å². The third kappa shape index (κ3) is 2.49. The molecule has 0 atom stereocenters. The van der Waals surface area contributed by atoms with Crippen molar-refractivity contribution in [3.8, 4) is 0 Å². The van der Waals surface area contributed by atoms with E-state index in [4.69, 9.17) is 5.73 Å². The first kappa shape index (κ1) is 14.4. The number of aryl methyl sites for hydroxylation is 2. The van der Waals surface area contributed by atoms with Crippen LogP contribution in [0.3, 0.4) is 0 Å². The minimum absolute atomic E-state index is 0.239.